The van der Waals surface area contributed by atoms with E-state index in [0.717, 1.165) is 35.9 Å². The van der Waals surface area contributed by atoms with Crippen molar-refractivity contribution in [1.82, 2.24) is 29.1 Å². The van der Waals surface area contributed by atoms with E-state index in [1.807, 2.05) is 6.20 Å². The zero-order valence-corrected chi connectivity index (χ0v) is 25.1. The molecule has 11 nitrogen and oxygen atoms in total. The summed E-state index contributed by atoms with van der Waals surface area (Å²) in [5.41, 5.74) is 2.25. The first-order valence-corrected chi connectivity index (χ1v) is 17.3. The Bertz CT molecular complexity index is 1540. The van der Waals surface area contributed by atoms with Crippen LogP contribution in [0.2, 0.25) is 0 Å². The molecule has 5 heterocycles. The van der Waals surface area contributed by atoms with Crippen molar-refractivity contribution in [2.75, 3.05) is 80.9 Å². The standard InChI is InChI=1S/C28H38F2N8O3S/c1-42(2,3)15-14-41-18-37-22-5-4-21(29)24(30)25(22)33-23(37)17-31-27-35-28(36-8-12-40-13-9-36)34-26-20(16-32-38(26)27)19-6-10-39-11-7-19/h4-5,16,19H,6-15,17-18H2,1-3H3,(H,31,34,35). The van der Waals surface area contributed by atoms with Crippen LogP contribution < -0.4 is 10.2 Å². The summed E-state index contributed by atoms with van der Waals surface area (Å²) in [7, 11) is -0.732. The number of hydrogen-bond donors (Lipinski definition) is 1. The Labute approximate surface area is 244 Å². The summed E-state index contributed by atoms with van der Waals surface area (Å²) in [6.45, 7) is 4.91. The predicted molar refractivity (Wildman–Crippen MR) is 160 cm³/mol. The number of benzene rings is 1. The molecule has 3 aromatic heterocycles. The third kappa shape index (κ3) is 6.17. The molecule has 0 saturated carbocycles. The highest BCUT2D eigenvalue weighted by Crippen LogP contribution is 2.34. The molecule has 0 spiro atoms. The summed E-state index contributed by atoms with van der Waals surface area (Å²) in [5.74, 6) is 0.903. The van der Waals surface area contributed by atoms with E-state index >= 15 is 0 Å². The minimum atomic E-state index is -0.973. The summed E-state index contributed by atoms with van der Waals surface area (Å²) in [6, 6.07) is 2.66. The molecule has 4 aromatic rings. The van der Waals surface area contributed by atoms with E-state index < -0.39 is 21.7 Å². The number of halogens is 2. The molecule has 2 saturated heterocycles. The fourth-order valence-electron chi connectivity index (χ4n) is 5.28. The van der Waals surface area contributed by atoms with E-state index in [9.17, 15) is 8.78 Å². The van der Waals surface area contributed by atoms with Gasteiger partial charge in [0.15, 0.2) is 17.3 Å². The molecule has 0 bridgehead atoms. The van der Waals surface area contributed by atoms with Gasteiger partial charge in [0.2, 0.25) is 11.9 Å². The first kappa shape index (κ1) is 29.0. The molecule has 0 radical (unpaired) electrons. The molecular formula is C28H38F2N8O3S. The molecule has 0 atom stereocenters. The fraction of sp³-hybridized carbons (Fsp3) is 0.571. The van der Waals surface area contributed by atoms with Gasteiger partial charge in [0.05, 0.1) is 38.1 Å². The normalized spacial score (nSPS) is 17.4. The first-order chi connectivity index (χ1) is 20.3. The third-order valence-electron chi connectivity index (χ3n) is 7.69. The second-order valence-electron chi connectivity index (χ2n) is 11.5. The van der Waals surface area contributed by atoms with Crippen LogP contribution in [-0.4, -0.2) is 99.8 Å². The van der Waals surface area contributed by atoms with Gasteiger partial charge in [-0.1, -0.05) is 0 Å². The maximum atomic E-state index is 14.8. The zero-order chi connectivity index (χ0) is 29.3. The van der Waals surface area contributed by atoms with Crippen LogP contribution in [0.3, 0.4) is 0 Å². The van der Waals surface area contributed by atoms with E-state index in [1.165, 1.54) is 6.07 Å². The van der Waals surface area contributed by atoms with E-state index in [-0.39, 0.29) is 18.8 Å². The van der Waals surface area contributed by atoms with E-state index in [2.05, 4.69) is 39.1 Å². The second kappa shape index (κ2) is 12.3. The Morgan fingerprint density at radius 1 is 1.02 bits per heavy atom. The topological polar surface area (TPSA) is 104 Å². The Kier molecular flexibility index (Phi) is 8.48. The van der Waals surface area contributed by atoms with E-state index in [0.29, 0.717) is 75.3 Å². The van der Waals surface area contributed by atoms with Crippen LogP contribution in [0.15, 0.2) is 18.3 Å². The van der Waals surface area contributed by atoms with Crippen LogP contribution in [0.4, 0.5) is 20.7 Å². The highest BCUT2D eigenvalue weighted by molar-refractivity contribution is 8.32. The summed E-state index contributed by atoms with van der Waals surface area (Å²) in [6.07, 6.45) is 10.4. The van der Waals surface area contributed by atoms with Crippen LogP contribution in [0.5, 0.6) is 0 Å². The molecule has 14 heteroatoms. The Morgan fingerprint density at radius 3 is 2.55 bits per heavy atom. The van der Waals surface area contributed by atoms with Crippen molar-refractivity contribution in [3.8, 4) is 0 Å². The van der Waals surface area contributed by atoms with Gasteiger partial charge in [-0.15, -0.1) is 0 Å². The molecular weight excluding hydrogens is 566 g/mol. The monoisotopic (exact) mass is 604 g/mol. The molecule has 2 aliphatic rings. The third-order valence-corrected chi connectivity index (χ3v) is 9.09. The van der Waals surface area contributed by atoms with Crippen molar-refractivity contribution in [2.24, 2.45) is 0 Å². The minimum Gasteiger partial charge on any atom is -0.381 e. The van der Waals surface area contributed by atoms with Crippen molar-refractivity contribution >= 4 is 38.6 Å². The molecule has 228 valence electrons. The molecule has 0 aliphatic carbocycles. The predicted octanol–water partition coefficient (Wildman–Crippen LogP) is 3.76. The van der Waals surface area contributed by atoms with Crippen LogP contribution in [0.1, 0.15) is 30.1 Å². The number of imidazole rings is 1. The average molecular weight is 605 g/mol. The highest BCUT2D eigenvalue weighted by Gasteiger charge is 2.25. The number of morpholine rings is 1. The number of anilines is 2. The quantitative estimate of drug-likeness (QED) is 0.271. The maximum Gasteiger partial charge on any atom is 0.230 e. The maximum absolute atomic E-state index is 14.8. The summed E-state index contributed by atoms with van der Waals surface area (Å²) in [5, 5.41) is 8.02. The number of hydrogen-bond acceptors (Lipinski definition) is 9. The Morgan fingerprint density at radius 2 is 1.79 bits per heavy atom. The van der Waals surface area contributed by atoms with Crippen molar-refractivity contribution in [2.45, 2.75) is 32.0 Å². The summed E-state index contributed by atoms with van der Waals surface area (Å²) < 4.78 is 49.5. The van der Waals surface area contributed by atoms with Crippen molar-refractivity contribution in [3.05, 3.63) is 41.4 Å². The Hall–Kier alpha value is -3.07. The van der Waals surface area contributed by atoms with Gasteiger partial charge < -0.3 is 29.0 Å². The molecule has 1 N–H and O–H groups in total. The number of aromatic nitrogens is 6. The van der Waals surface area contributed by atoms with Crippen LogP contribution in [0.25, 0.3) is 16.7 Å². The van der Waals surface area contributed by atoms with Gasteiger partial charge in [-0.05, 0) is 49.7 Å². The van der Waals surface area contributed by atoms with Crippen LogP contribution >= 0.6 is 10.0 Å². The number of ether oxygens (including phenoxy) is 3. The molecule has 6 rings (SSSR count). The van der Waals surface area contributed by atoms with Crippen LogP contribution in [-0.2, 0) is 27.5 Å². The van der Waals surface area contributed by atoms with Crippen molar-refractivity contribution in [1.29, 1.82) is 0 Å². The largest absolute Gasteiger partial charge is 0.381 e. The lowest BCUT2D eigenvalue weighted by molar-refractivity contribution is 0.0855. The molecule has 0 unspecified atom stereocenters. The lowest BCUT2D eigenvalue weighted by Gasteiger charge is -2.27. The van der Waals surface area contributed by atoms with Crippen molar-refractivity contribution < 1.29 is 23.0 Å². The highest BCUT2D eigenvalue weighted by atomic mass is 32.3. The first-order valence-electron chi connectivity index (χ1n) is 14.3. The molecule has 0 amide bonds. The fourth-order valence-corrected chi connectivity index (χ4v) is 5.90. The lowest BCUT2D eigenvalue weighted by Crippen LogP contribution is -2.37. The van der Waals surface area contributed by atoms with Gasteiger partial charge in [-0.25, -0.2) is 23.8 Å². The Balaban J connectivity index is 1.33. The van der Waals surface area contributed by atoms with Gasteiger partial charge in [0.1, 0.15) is 18.1 Å². The van der Waals surface area contributed by atoms with Crippen molar-refractivity contribution in [3.63, 3.8) is 0 Å². The van der Waals surface area contributed by atoms with E-state index in [4.69, 9.17) is 24.2 Å². The smallest absolute Gasteiger partial charge is 0.230 e. The lowest BCUT2D eigenvalue weighted by atomic mass is 9.94. The molecule has 42 heavy (non-hydrogen) atoms. The number of nitrogens with one attached hydrogen (secondary N) is 1. The second-order valence-corrected chi connectivity index (χ2v) is 16.1. The van der Waals surface area contributed by atoms with Crippen LogP contribution in [0, 0.1) is 11.6 Å². The average Bonchev–Trinajstić information content (AvgIpc) is 3.58. The van der Waals surface area contributed by atoms with Gasteiger partial charge >= 0.3 is 0 Å². The molecule has 2 fully saturated rings. The van der Waals surface area contributed by atoms with Gasteiger partial charge in [-0.3, -0.25) is 0 Å². The minimum absolute atomic E-state index is 0.0282. The number of fused-ring (bicyclic) bond motifs is 2. The molecule has 1 aromatic carbocycles. The van der Waals surface area contributed by atoms with Gasteiger partial charge in [-0.2, -0.15) is 19.6 Å². The van der Waals surface area contributed by atoms with E-state index in [1.54, 1.807) is 9.08 Å². The number of nitrogens with zero attached hydrogens (tertiary/aromatic N) is 7. The summed E-state index contributed by atoms with van der Waals surface area (Å²) >= 11 is 0. The SMILES string of the molecule is CS(C)(C)CCOCn1c(CNc2nc(N3CCOCC3)nc3c(C4CCOCC4)cnn23)nc2c(F)c(F)ccc21. The van der Waals surface area contributed by atoms with Gasteiger partial charge in [0.25, 0.3) is 0 Å². The summed E-state index contributed by atoms with van der Waals surface area (Å²) in [4.78, 5) is 16.4. The van der Waals surface area contributed by atoms with Gasteiger partial charge in [0, 0.05) is 37.6 Å². The molecule has 2 aliphatic heterocycles. The zero-order valence-electron chi connectivity index (χ0n) is 24.3. The number of rotatable bonds is 10.